The molecule has 26 heavy (non-hydrogen) atoms. The zero-order valence-electron chi connectivity index (χ0n) is 15.6. The normalized spacial score (nSPS) is 16.6. The monoisotopic (exact) mass is 439 g/mol. The Morgan fingerprint density at radius 2 is 1.96 bits per heavy atom. The minimum atomic E-state index is -3.35. The Morgan fingerprint density at radius 3 is 2.58 bits per heavy atom. The van der Waals surface area contributed by atoms with E-state index in [0.717, 1.165) is 53.5 Å². The van der Waals surface area contributed by atoms with Crippen molar-refractivity contribution < 1.29 is 8.42 Å². The quantitative estimate of drug-likeness (QED) is 0.712. The van der Waals surface area contributed by atoms with Crippen molar-refractivity contribution in [3.05, 3.63) is 28.9 Å². The topological polar surface area (TPSA) is 53.5 Å². The molecular weight excluding hydrogens is 414 g/mol. The van der Waals surface area contributed by atoms with Crippen LogP contribution in [0.15, 0.2) is 33.8 Å². The summed E-state index contributed by atoms with van der Waals surface area (Å²) in [6.45, 7) is 2.86. The molecule has 1 fully saturated rings. The van der Waals surface area contributed by atoms with E-state index < -0.39 is 9.84 Å². The lowest BCUT2D eigenvalue weighted by Gasteiger charge is -2.35. The molecule has 1 saturated heterocycles. The van der Waals surface area contributed by atoms with Crippen molar-refractivity contribution in [3.63, 3.8) is 0 Å². The first-order valence-electron chi connectivity index (χ1n) is 8.93. The summed E-state index contributed by atoms with van der Waals surface area (Å²) in [6, 6.07) is 5.84. The molecule has 1 aliphatic heterocycles. The third kappa shape index (κ3) is 4.38. The maximum Gasteiger partial charge on any atom is 0.179 e. The first-order chi connectivity index (χ1) is 12.3. The lowest BCUT2D eigenvalue weighted by molar-refractivity contribution is 0.313. The van der Waals surface area contributed by atoms with Gasteiger partial charge in [0, 0.05) is 35.4 Å². The Bertz CT molecular complexity index is 891. The molecule has 0 N–H and O–H groups in total. The highest BCUT2D eigenvalue weighted by Crippen LogP contribution is 2.36. The SMILES string of the molecule is CN(C)CCC1CCN(c2c(S(C)(=O)=O)cnc3ccc(Br)cc23)CC1. The second-order valence-corrected chi connectivity index (χ2v) is 10.3. The smallest absolute Gasteiger partial charge is 0.179 e. The van der Waals surface area contributed by atoms with Crippen molar-refractivity contribution in [1.29, 1.82) is 0 Å². The van der Waals surface area contributed by atoms with Crippen LogP contribution >= 0.6 is 15.9 Å². The van der Waals surface area contributed by atoms with Gasteiger partial charge >= 0.3 is 0 Å². The number of halogens is 1. The van der Waals surface area contributed by atoms with Crippen LogP contribution in [0.5, 0.6) is 0 Å². The number of hydrogen-bond acceptors (Lipinski definition) is 5. The number of anilines is 1. The van der Waals surface area contributed by atoms with Gasteiger partial charge in [0.1, 0.15) is 4.90 Å². The van der Waals surface area contributed by atoms with E-state index >= 15 is 0 Å². The fourth-order valence-corrected chi connectivity index (χ4v) is 4.81. The van der Waals surface area contributed by atoms with Gasteiger partial charge in [0.2, 0.25) is 0 Å². The van der Waals surface area contributed by atoms with Gasteiger partial charge in [-0.25, -0.2) is 8.42 Å². The summed E-state index contributed by atoms with van der Waals surface area (Å²) in [5.41, 5.74) is 1.63. The lowest BCUT2D eigenvalue weighted by Crippen LogP contribution is -2.35. The fourth-order valence-electron chi connectivity index (χ4n) is 3.62. The Balaban J connectivity index is 1.95. The van der Waals surface area contributed by atoms with E-state index in [0.29, 0.717) is 10.8 Å². The summed E-state index contributed by atoms with van der Waals surface area (Å²) < 4.78 is 25.7. The van der Waals surface area contributed by atoms with Gasteiger partial charge in [-0.05, 0) is 64.0 Å². The van der Waals surface area contributed by atoms with Crippen LogP contribution in [0.1, 0.15) is 19.3 Å². The molecule has 5 nitrogen and oxygen atoms in total. The van der Waals surface area contributed by atoms with Crippen LogP contribution in [0.4, 0.5) is 5.69 Å². The molecule has 0 radical (unpaired) electrons. The number of rotatable bonds is 5. The molecule has 2 aromatic rings. The zero-order chi connectivity index (χ0) is 18.9. The second kappa shape index (κ2) is 7.82. The van der Waals surface area contributed by atoms with Crippen LogP contribution in [-0.2, 0) is 9.84 Å². The van der Waals surface area contributed by atoms with E-state index in [1.165, 1.54) is 18.9 Å². The molecule has 2 heterocycles. The first-order valence-corrected chi connectivity index (χ1v) is 11.6. The molecule has 0 aliphatic carbocycles. The number of aromatic nitrogens is 1. The number of sulfone groups is 1. The summed E-state index contributed by atoms with van der Waals surface area (Å²) >= 11 is 3.51. The molecule has 7 heteroatoms. The highest BCUT2D eigenvalue weighted by atomic mass is 79.9. The van der Waals surface area contributed by atoms with E-state index in [1.807, 2.05) is 18.2 Å². The molecule has 142 valence electrons. The predicted octanol–water partition coefficient (Wildman–Crippen LogP) is 3.57. The minimum Gasteiger partial charge on any atom is -0.370 e. The molecule has 1 aromatic carbocycles. The van der Waals surface area contributed by atoms with Crippen LogP contribution in [0.3, 0.4) is 0 Å². The molecule has 0 spiro atoms. The summed E-state index contributed by atoms with van der Waals surface area (Å²) in [5, 5.41) is 0.897. The Morgan fingerprint density at radius 1 is 1.27 bits per heavy atom. The maximum absolute atomic E-state index is 12.4. The van der Waals surface area contributed by atoms with Crippen molar-refractivity contribution in [3.8, 4) is 0 Å². The molecule has 0 amide bonds. The summed E-state index contributed by atoms with van der Waals surface area (Å²) in [7, 11) is 0.863. The molecule has 0 bridgehead atoms. The lowest BCUT2D eigenvalue weighted by atomic mass is 9.93. The van der Waals surface area contributed by atoms with E-state index in [9.17, 15) is 8.42 Å². The van der Waals surface area contributed by atoms with Crippen molar-refractivity contribution in [2.24, 2.45) is 5.92 Å². The Hall–Kier alpha value is -1.18. The van der Waals surface area contributed by atoms with Crippen LogP contribution < -0.4 is 4.90 Å². The van der Waals surface area contributed by atoms with E-state index in [4.69, 9.17) is 0 Å². The number of pyridine rings is 1. The summed E-state index contributed by atoms with van der Waals surface area (Å²) in [4.78, 5) is 9.16. The van der Waals surface area contributed by atoms with Crippen molar-refractivity contribution in [2.75, 3.05) is 44.9 Å². The third-order valence-electron chi connectivity index (χ3n) is 5.08. The van der Waals surface area contributed by atoms with Gasteiger partial charge in [-0.2, -0.15) is 0 Å². The summed E-state index contributed by atoms with van der Waals surface area (Å²) in [5.74, 6) is 0.704. The standard InChI is InChI=1S/C19H26BrN3O2S/c1-22(2)9-6-14-7-10-23(11-8-14)19-16-12-15(20)4-5-17(16)21-13-18(19)26(3,24)25/h4-5,12-14H,6-11H2,1-3H3. The third-order valence-corrected chi connectivity index (χ3v) is 6.67. The molecule has 3 rings (SSSR count). The highest BCUT2D eigenvalue weighted by Gasteiger charge is 2.26. The Labute approximate surface area is 164 Å². The maximum atomic E-state index is 12.4. The molecule has 1 aliphatic rings. The molecule has 0 unspecified atom stereocenters. The molecule has 1 aromatic heterocycles. The number of hydrogen-bond donors (Lipinski definition) is 0. The van der Waals surface area contributed by atoms with Crippen LogP contribution in [0, 0.1) is 5.92 Å². The van der Waals surface area contributed by atoms with Crippen molar-refractivity contribution in [2.45, 2.75) is 24.2 Å². The predicted molar refractivity (Wildman–Crippen MR) is 111 cm³/mol. The van der Waals surface area contributed by atoms with Gasteiger partial charge in [0.25, 0.3) is 0 Å². The number of benzene rings is 1. The number of nitrogens with zero attached hydrogens (tertiary/aromatic N) is 3. The van der Waals surface area contributed by atoms with Gasteiger partial charge in [0.15, 0.2) is 9.84 Å². The second-order valence-electron chi connectivity index (χ2n) is 7.43. The zero-order valence-corrected chi connectivity index (χ0v) is 18.0. The van der Waals surface area contributed by atoms with Crippen molar-refractivity contribution in [1.82, 2.24) is 9.88 Å². The van der Waals surface area contributed by atoms with Gasteiger partial charge in [-0.1, -0.05) is 15.9 Å². The molecule has 0 atom stereocenters. The van der Waals surface area contributed by atoms with E-state index in [2.05, 4.69) is 44.8 Å². The van der Waals surface area contributed by atoms with Gasteiger partial charge in [-0.3, -0.25) is 4.98 Å². The number of fused-ring (bicyclic) bond motifs is 1. The number of piperidine rings is 1. The van der Waals surface area contributed by atoms with Crippen LogP contribution in [-0.4, -0.2) is 58.3 Å². The van der Waals surface area contributed by atoms with E-state index in [1.54, 1.807) is 0 Å². The largest absolute Gasteiger partial charge is 0.370 e. The van der Waals surface area contributed by atoms with Crippen LogP contribution in [0.2, 0.25) is 0 Å². The van der Waals surface area contributed by atoms with Gasteiger partial charge in [-0.15, -0.1) is 0 Å². The van der Waals surface area contributed by atoms with Gasteiger partial charge < -0.3 is 9.80 Å². The average Bonchev–Trinajstić information content (AvgIpc) is 2.58. The highest BCUT2D eigenvalue weighted by molar-refractivity contribution is 9.10. The van der Waals surface area contributed by atoms with Gasteiger partial charge in [0.05, 0.1) is 11.2 Å². The van der Waals surface area contributed by atoms with Crippen LogP contribution in [0.25, 0.3) is 10.9 Å². The fraction of sp³-hybridized carbons (Fsp3) is 0.526. The Kier molecular flexibility index (Phi) is 5.89. The summed E-state index contributed by atoms with van der Waals surface area (Å²) in [6.07, 6.45) is 6.16. The average molecular weight is 440 g/mol. The van der Waals surface area contributed by atoms with Crippen molar-refractivity contribution >= 4 is 42.4 Å². The van der Waals surface area contributed by atoms with E-state index in [-0.39, 0.29) is 0 Å². The minimum absolute atomic E-state index is 0.329. The molecular formula is C19H26BrN3O2S. The first kappa shape index (κ1) is 19.6. The molecule has 0 saturated carbocycles.